The first kappa shape index (κ1) is 13.5. The minimum Gasteiger partial charge on any atom is -0.383 e. The molecule has 0 spiro atoms. The van der Waals surface area contributed by atoms with Gasteiger partial charge in [0.2, 0.25) is 0 Å². The summed E-state index contributed by atoms with van der Waals surface area (Å²) in [5.74, 6) is -1.33. The third kappa shape index (κ3) is 2.03. The molecule has 3 rings (SSSR count). The smallest absolute Gasteiger partial charge is 0.146 e. The monoisotopic (exact) mass is 331 g/mol. The molecule has 2 heterocycles. The van der Waals surface area contributed by atoms with Crippen molar-refractivity contribution in [3.8, 4) is 0 Å². The summed E-state index contributed by atoms with van der Waals surface area (Å²) in [7, 11) is 0. The molecule has 19 heavy (non-hydrogen) atoms. The van der Waals surface area contributed by atoms with E-state index in [0.29, 0.717) is 13.0 Å². The molecule has 2 fully saturated rings. The molecule has 0 amide bonds. The van der Waals surface area contributed by atoms with Crippen LogP contribution in [0.15, 0.2) is 16.6 Å². The maximum atomic E-state index is 14.3. The van der Waals surface area contributed by atoms with Crippen LogP contribution < -0.4 is 0 Å². The van der Waals surface area contributed by atoms with Gasteiger partial charge >= 0.3 is 0 Å². The van der Waals surface area contributed by atoms with Crippen LogP contribution >= 0.6 is 15.9 Å². The van der Waals surface area contributed by atoms with Crippen molar-refractivity contribution in [2.45, 2.75) is 37.3 Å². The predicted octanol–water partition coefficient (Wildman–Crippen LogP) is 3.17. The van der Waals surface area contributed by atoms with Crippen molar-refractivity contribution in [1.29, 1.82) is 0 Å². The Morgan fingerprint density at radius 2 is 2.05 bits per heavy atom. The van der Waals surface area contributed by atoms with E-state index < -0.39 is 17.2 Å². The number of rotatable bonds is 1. The summed E-state index contributed by atoms with van der Waals surface area (Å²) in [6, 6.07) is 2.39. The van der Waals surface area contributed by atoms with E-state index in [1.54, 1.807) is 0 Å². The first-order valence-corrected chi connectivity index (χ1v) is 7.44. The second-order valence-electron chi connectivity index (χ2n) is 5.44. The zero-order valence-electron chi connectivity index (χ0n) is 10.5. The lowest BCUT2D eigenvalue weighted by atomic mass is 9.82. The highest BCUT2D eigenvalue weighted by molar-refractivity contribution is 9.10. The van der Waals surface area contributed by atoms with E-state index >= 15 is 0 Å². The van der Waals surface area contributed by atoms with Crippen LogP contribution in [0.3, 0.4) is 0 Å². The number of nitrogens with zero attached hydrogens (tertiary/aromatic N) is 1. The van der Waals surface area contributed by atoms with Gasteiger partial charge in [0.25, 0.3) is 0 Å². The Bertz CT molecular complexity index is 510. The molecule has 2 aliphatic heterocycles. The van der Waals surface area contributed by atoms with E-state index in [2.05, 4.69) is 20.8 Å². The maximum Gasteiger partial charge on any atom is 0.146 e. The van der Waals surface area contributed by atoms with Crippen LogP contribution in [0, 0.1) is 11.6 Å². The number of benzene rings is 1. The second kappa shape index (κ2) is 4.79. The third-order valence-electron chi connectivity index (χ3n) is 4.42. The van der Waals surface area contributed by atoms with Crippen molar-refractivity contribution in [3.63, 3.8) is 0 Å². The summed E-state index contributed by atoms with van der Waals surface area (Å²) in [6.45, 7) is 1.61. The van der Waals surface area contributed by atoms with Crippen LogP contribution in [0.5, 0.6) is 0 Å². The Morgan fingerprint density at radius 1 is 1.26 bits per heavy atom. The summed E-state index contributed by atoms with van der Waals surface area (Å²) in [5.41, 5.74) is -1.57. The zero-order valence-corrected chi connectivity index (χ0v) is 12.1. The number of halogens is 3. The van der Waals surface area contributed by atoms with E-state index in [9.17, 15) is 13.9 Å². The van der Waals surface area contributed by atoms with Crippen LogP contribution in [0.1, 0.15) is 31.2 Å². The Hall–Kier alpha value is -0.520. The standard InChI is InChI=1S/C14H16BrF2NO/c15-9-4-5-10(16)12(13(9)17)14(19)6-8-18-7-2-1-3-11(14)18/h4-5,11,19H,1-3,6-8H2. The van der Waals surface area contributed by atoms with Crippen molar-refractivity contribution in [3.05, 3.63) is 33.8 Å². The molecule has 1 aromatic rings. The molecule has 2 unspecified atom stereocenters. The highest BCUT2D eigenvalue weighted by Gasteiger charge is 2.50. The van der Waals surface area contributed by atoms with E-state index in [1.165, 1.54) is 12.1 Å². The molecule has 2 nitrogen and oxygen atoms in total. The fourth-order valence-electron chi connectivity index (χ4n) is 3.50. The molecular weight excluding hydrogens is 316 g/mol. The first-order valence-electron chi connectivity index (χ1n) is 6.64. The fraction of sp³-hybridized carbons (Fsp3) is 0.571. The Balaban J connectivity index is 2.08. The van der Waals surface area contributed by atoms with Gasteiger partial charge in [-0.2, -0.15) is 0 Å². The molecule has 2 atom stereocenters. The number of piperidine rings is 1. The molecule has 0 bridgehead atoms. The molecule has 5 heteroatoms. The molecular formula is C14H16BrF2NO. The first-order chi connectivity index (χ1) is 9.04. The third-order valence-corrected chi connectivity index (χ3v) is 5.03. The molecule has 2 saturated heterocycles. The molecule has 0 radical (unpaired) electrons. The van der Waals surface area contributed by atoms with Crippen molar-refractivity contribution >= 4 is 15.9 Å². The van der Waals surface area contributed by atoms with Crippen molar-refractivity contribution in [2.75, 3.05) is 13.1 Å². The quantitative estimate of drug-likeness (QED) is 0.799. The summed E-state index contributed by atoms with van der Waals surface area (Å²) >= 11 is 3.07. The van der Waals surface area contributed by atoms with E-state index in [-0.39, 0.29) is 16.1 Å². The van der Waals surface area contributed by atoms with Gasteiger partial charge in [-0.1, -0.05) is 6.42 Å². The molecule has 0 saturated carbocycles. The van der Waals surface area contributed by atoms with Crippen LogP contribution in [0.4, 0.5) is 8.78 Å². The molecule has 104 valence electrons. The van der Waals surface area contributed by atoms with Gasteiger partial charge in [-0.15, -0.1) is 0 Å². The van der Waals surface area contributed by atoms with Gasteiger partial charge in [0, 0.05) is 12.6 Å². The summed E-state index contributed by atoms with van der Waals surface area (Å²) < 4.78 is 28.5. The lowest BCUT2D eigenvalue weighted by Gasteiger charge is -2.37. The Kier molecular flexibility index (Phi) is 3.39. The highest BCUT2D eigenvalue weighted by Crippen LogP contribution is 2.44. The Labute approximate surface area is 119 Å². The van der Waals surface area contributed by atoms with Crippen LogP contribution in [0.2, 0.25) is 0 Å². The van der Waals surface area contributed by atoms with Gasteiger partial charge in [0.1, 0.15) is 17.2 Å². The summed E-state index contributed by atoms with van der Waals surface area (Å²) in [6.07, 6.45) is 3.28. The van der Waals surface area contributed by atoms with Gasteiger partial charge in [0.15, 0.2) is 0 Å². The van der Waals surface area contributed by atoms with Crippen LogP contribution in [-0.4, -0.2) is 29.1 Å². The van der Waals surface area contributed by atoms with Crippen molar-refractivity contribution < 1.29 is 13.9 Å². The second-order valence-corrected chi connectivity index (χ2v) is 6.29. The number of hydrogen-bond donors (Lipinski definition) is 1. The van der Waals surface area contributed by atoms with Gasteiger partial charge in [-0.3, -0.25) is 4.90 Å². The van der Waals surface area contributed by atoms with Crippen molar-refractivity contribution in [2.24, 2.45) is 0 Å². The van der Waals surface area contributed by atoms with Crippen molar-refractivity contribution in [1.82, 2.24) is 4.90 Å². The molecule has 1 aromatic carbocycles. The molecule has 1 N–H and O–H groups in total. The van der Waals surface area contributed by atoms with E-state index in [1.807, 2.05) is 0 Å². The lowest BCUT2D eigenvalue weighted by Crippen LogP contribution is -2.46. The van der Waals surface area contributed by atoms with Gasteiger partial charge < -0.3 is 5.11 Å². The molecule has 2 aliphatic rings. The highest BCUT2D eigenvalue weighted by atomic mass is 79.9. The number of fused-ring (bicyclic) bond motifs is 1. The lowest BCUT2D eigenvalue weighted by molar-refractivity contribution is -0.0193. The van der Waals surface area contributed by atoms with Gasteiger partial charge in [-0.25, -0.2) is 8.78 Å². The minimum atomic E-state index is -1.40. The fourth-order valence-corrected chi connectivity index (χ4v) is 3.83. The largest absolute Gasteiger partial charge is 0.383 e. The number of aliphatic hydroxyl groups is 1. The topological polar surface area (TPSA) is 23.5 Å². The predicted molar refractivity (Wildman–Crippen MR) is 71.8 cm³/mol. The normalized spacial score (nSPS) is 31.5. The summed E-state index contributed by atoms with van der Waals surface area (Å²) in [5, 5.41) is 10.9. The Morgan fingerprint density at radius 3 is 2.84 bits per heavy atom. The number of hydrogen-bond acceptors (Lipinski definition) is 2. The van der Waals surface area contributed by atoms with Gasteiger partial charge in [0.05, 0.1) is 10.0 Å². The van der Waals surface area contributed by atoms with E-state index in [4.69, 9.17) is 0 Å². The average molecular weight is 332 g/mol. The van der Waals surface area contributed by atoms with E-state index in [0.717, 1.165) is 25.8 Å². The zero-order chi connectivity index (χ0) is 13.6. The summed E-state index contributed by atoms with van der Waals surface area (Å²) in [4.78, 5) is 2.16. The SMILES string of the molecule is OC1(c2c(F)ccc(Br)c2F)CCN2CCCCC21. The molecule has 0 aromatic heterocycles. The minimum absolute atomic E-state index is 0.167. The van der Waals surface area contributed by atoms with Crippen LogP contribution in [-0.2, 0) is 5.60 Å². The maximum absolute atomic E-state index is 14.3. The van der Waals surface area contributed by atoms with Gasteiger partial charge in [-0.05, 0) is 53.9 Å². The van der Waals surface area contributed by atoms with Crippen LogP contribution in [0.25, 0.3) is 0 Å². The average Bonchev–Trinajstić information content (AvgIpc) is 2.74. The molecule has 0 aliphatic carbocycles.